The molecule has 6 nitrogen and oxygen atoms in total. The summed E-state index contributed by atoms with van der Waals surface area (Å²) in [5, 5.41) is 16.2. The molecule has 0 unspecified atom stereocenters. The molecule has 1 N–H and O–H groups in total. The van der Waals surface area contributed by atoms with Crippen LogP contribution in [0, 0.1) is 5.82 Å². The maximum atomic E-state index is 13.3. The Morgan fingerprint density at radius 3 is 2.68 bits per heavy atom. The SMILES string of the molecule is COCCN=c1scc(-c2ccc(F)cc2)n1/N=C/c1ccc(O)c(OC)c1. The van der Waals surface area contributed by atoms with E-state index in [0.29, 0.717) is 23.7 Å². The van der Waals surface area contributed by atoms with Gasteiger partial charge in [0.2, 0.25) is 4.80 Å². The molecule has 0 saturated carbocycles. The van der Waals surface area contributed by atoms with Crippen LogP contribution < -0.4 is 9.54 Å². The quantitative estimate of drug-likeness (QED) is 0.487. The van der Waals surface area contributed by atoms with Gasteiger partial charge in [0.25, 0.3) is 0 Å². The van der Waals surface area contributed by atoms with E-state index in [1.165, 1.54) is 30.6 Å². The number of benzene rings is 2. The number of phenols is 1. The standard InChI is InChI=1S/C20H20FN3O3S/c1-26-10-9-22-20-24(17(13-28-20)15-4-6-16(21)7-5-15)23-12-14-3-8-18(25)19(11-14)27-2/h3-8,11-13,25H,9-10H2,1-2H3/b22-20?,23-12+. The van der Waals surface area contributed by atoms with Gasteiger partial charge in [-0.3, -0.25) is 4.99 Å². The van der Waals surface area contributed by atoms with E-state index in [0.717, 1.165) is 16.8 Å². The third-order valence-corrected chi connectivity index (χ3v) is 4.75. The van der Waals surface area contributed by atoms with Gasteiger partial charge in [0.05, 0.1) is 32.2 Å². The second-order valence-corrected chi connectivity index (χ2v) is 6.61. The van der Waals surface area contributed by atoms with Crippen LogP contribution >= 0.6 is 11.3 Å². The summed E-state index contributed by atoms with van der Waals surface area (Å²) < 4.78 is 25.2. The minimum atomic E-state index is -0.296. The van der Waals surface area contributed by atoms with Crippen molar-refractivity contribution in [2.75, 3.05) is 27.4 Å². The fourth-order valence-electron chi connectivity index (χ4n) is 2.47. The summed E-state index contributed by atoms with van der Waals surface area (Å²) in [4.78, 5) is 5.22. The number of hydrogen-bond donors (Lipinski definition) is 1. The zero-order valence-corrected chi connectivity index (χ0v) is 16.3. The average Bonchev–Trinajstić information content (AvgIpc) is 3.11. The number of aromatic hydroxyl groups is 1. The Morgan fingerprint density at radius 2 is 1.96 bits per heavy atom. The first-order chi connectivity index (χ1) is 13.6. The number of halogens is 1. The Balaban J connectivity index is 2.02. The average molecular weight is 401 g/mol. The van der Waals surface area contributed by atoms with Crippen LogP contribution in [0.25, 0.3) is 11.3 Å². The minimum absolute atomic E-state index is 0.0603. The van der Waals surface area contributed by atoms with Crippen molar-refractivity contribution in [3.8, 4) is 22.8 Å². The van der Waals surface area contributed by atoms with Gasteiger partial charge in [0.15, 0.2) is 11.5 Å². The summed E-state index contributed by atoms with van der Waals surface area (Å²) in [6.45, 7) is 1.01. The third kappa shape index (κ3) is 4.65. The first-order valence-electron chi connectivity index (χ1n) is 8.49. The lowest BCUT2D eigenvalue weighted by Crippen LogP contribution is -2.13. The molecule has 2 aromatic carbocycles. The summed E-state index contributed by atoms with van der Waals surface area (Å²) in [5.74, 6) is 0.128. The first kappa shape index (κ1) is 19.8. The smallest absolute Gasteiger partial charge is 0.206 e. The number of phenolic OH excluding ortho intramolecular Hbond substituents is 1. The van der Waals surface area contributed by atoms with Gasteiger partial charge in [0.1, 0.15) is 5.82 Å². The molecular formula is C20H20FN3O3S. The van der Waals surface area contributed by atoms with Crippen molar-refractivity contribution in [3.05, 3.63) is 64.0 Å². The third-order valence-electron chi connectivity index (χ3n) is 3.89. The van der Waals surface area contributed by atoms with Crippen LogP contribution in [0.5, 0.6) is 11.5 Å². The lowest BCUT2D eigenvalue weighted by Gasteiger charge is -2.05. The number of rotatable bonds is 7. The monoisotopic (exact) mass is 401 g/mol. The lowest BCUT2D eigenvalue weighted by molar-refractivity contribution is 0.207. The van der Waals surface area contributed by atoms with Crippen LogP contribution in [0.2, 0.25) is 0 Å². The fraction of sp³-hybridized carbons (Fsp3) is 0.200. The summed E-state index contributed by atoms with van der Waals surface area (Å²) in [7, 11) is 3.11. The molecule has 1 aromatic heterocycles. The van der Waals surface area contributed by atoms with Crippen LogP contribution in [-0.2, 0) is 4.74 Å². The van der Waals surface area contributed by atoms with E-state index in [2.05, 4.69) is 10.1 Å². The van der Waals surface area contributed by atoms with Crippen LogP contribution in [0.15, 0.2) is 57.9 Å². The highest BCUT2D eigenvalue weighted by atomic mass is 32.1. The van der Waals surface area contributed by atoms with Crippen LogP contribution in [0.1, 0.15) is 5.56 Å². The molecule has 0 amide bonds. The zero-order chi connectivity index (χ0) is 19.9. The summed E-state index contributed by atoms with van der Waals surface area (Å²) in [5.41, 5.74) is 2.37. The Labute approximate surface area is 165 Å². The van der Waals surface area contributed by atoms with E-state index in [4.69, 9.17) is 9.47 Å². The molecule has 1 heterocycles. The summed E-state index contributed by atoms with van der Waals surface area (Å²) in [6, 6.07) is 11.2. The molecule has 0 fully saturated rings. The maximum absolute atomic E-state index is 13.3. The zero-order valence-electron chi connectivity index (χ0n) is 15.5. The Morgan fingerprint density at radius 1 is 1.18 bits per heavy atom. The van der Waals surface area contributed by atoms with Crippen LogP contribution in [0.4, 0.5) is 4.39 Å². The Hall–Kier alpha value is -2.97. The van der Waals surface area contributed by atoms with E-state index in [9.17, 15) is 9.50 Å². The molecule has 0 aliphatic heterocycles. The molecule has 146 valence electrons. The van der Waals surface area contributed by atoms with E-state index < -0.39 is 0 Å². The Kier molecular flexibility index (Phi) is 6.57. The molecule has 0 aliphatic carbocycles. The molecule has 3 rings (SSSR count). The van der Waals surface area contributed by atoms with Crippen molar-refractivity contribution < 1.29 is 19.0 Å². The highest BCUT2D eigenvalue weighted by Gasteiger charge is 2.08. The second-order valence-electron chi connectivity index (χ2n) is 5.77. The second kappa shape index (κ2) is 9.29. The van der Waals surface area contributed by atoms with Gasteiger partial charge < -0.3 is 14.6 Å². The van der Waals surface area contributed by atoms with Crippen LogP contribution in [0.3, 0.4) is 0 Å². The fourth-order valence-corrected chi connectivity index (χ4v) is 3.33. The number of hydrogen-bond acceptors (Lipinski definition) is 6. The molecule has 0 bridgehead atoms. The number of methoxy groups -OCH3 is 2. The summed E-state index contributed by atoms with van der Waals surface area (Å²) >= 11 is 1.44. The van der Waals surface area contributed by atoms with Crippen molar-refractivity contribution in [3.63, 3.8) is 0 Å². The van der Waals surface area contributed by atoms with Crippen molar-refractivity contribution in [2.45, 2.75) is 0 Å². The van der Waals surface area contributed by atoms with Gasteiger partial charge in [-0.1, -0.05) is 0 Å². The number of thiazole rings is 1. The van der Waals surface area contributed by atoms with Gasteiger partial charge in [-0.2, -0.15) is 5.10 Å². The highest BCUT2D eigenvalue weighted by molar-refractivity contribution is 7.07. The van der Waals surface area contributed by atoms with E-state index in [-0.39, 0.29) is 11.6 Å². The van der Waals surface area contributed by atoms with Gasteiger partial charge in [0, 0.05) is 18.1 Å². The molecule has 28 heavy (non-hydrogen) atoms. The Bertz CT molecular complexity index is 1030. The van der Waals surface area contributed by atoms with Gasteiger partial charge in [-0.25, -0.2) is 9.07 Å². The topological polar surface area (TPSA) is 68.3 Å². The molecule has 0 spiro atoms. The minimum Gasteiger partial charge on any atom is -0.504 e. The number of nitrogens with zero attached hydrogens (tertiary/aromatic N) is 3. The normalized spacial score (nSPS) is 12.0. The van der Waals surface area contributed by atoms with Crippen LogP contribution in [-0.4, -0.2) is 43.4 Å². The van der Waals surface area contributed by atoms with E-state index >= 15 is 0 Å². The van der Waals surface area contributed by atoms with Crippen molar-refractivity contribution in [1.29, 1.82) is 0 Å². The molecular weight excluding hydrogens is 381 g/mol. The number of ether oxygens (including phenoxy) is 2. The molecule has 0 radical (unpaired) electrons. The van der Waals surface area contributed by atoms with E-state index in [1.807, 2.05) is 5.38 Å². The molecule has 0 aliphatic rings. The predicted octanol–water partition coefficient (Wildman–Crippen LogP) is 3.50. The van der Waals surface area contributed by atoms with Gasteiger partial charge in [-0.15, -0.1) is 11.3 Å². The molecule has 8 heteroatoms. The van der Waals surface area contributed by atoms with E-state index in [1.54, 1.807) is 48.3 Å². The maximum Gasteiger partial charge on any atom is 0.206 e. The summed E-state index contributed by atoms with van der Waals surface area (Å²) in [6.07, 6.45) is 1.65. The largest absolute Gasteiger partial charge is 0.504 e. The molecule has 0 atom stereocenters. The van der Waals surface area contributed by atoms with Crippen molar-refractivity contribution in [2.24, 2.45) is 10.1 Å². The molecule has 3 aromatic rings. The van der Waals surface area contributed by atoms with Gasteiger partial charge in [-0.05, 0) is 48.0 Å². The van der Waals surface area contributed by atoms with Crippen molar-refractivity contribution in [1.82, 2.24) is 4.68 Å². The highest BCUT2D eigenvalue weighted by Crippen LogP contribution is 2.26. The molecule has 0 saturated heterocycles. The number of aromatic nitrogens is 1. The predicted molar refractivity (Wildman–Crippen MR) is 108 cm³/mol. The lowest BCUT2D eigenvalue weighted by atomic mass is 10.2. The first-order valence-corrected chi connectivity index (χ1v) is 9.37. The van der Waals surface area contributed by atoms with Crippen molar-refractivity contribution >= 4 is 17.6 Å². The van der Waals surface area contributed by atoms with Gasteiger partial charge >= 0.3 is 0 Å².